The van der Waals surface area contributed by atoms with Gasteiger partial charge in [0, 0.05) is 19.5 Å². The quantitative estimate of drug-likeness (QED) is 0.576. The van der Waals surface area contributed by atoms with Crippen LogP contribution < -0.4 is 10.1 Å². The molecule has 0 aliphatic carbocycles. The third kappa shape index (κ3) is 6.58. The molecular formula is C26H34N2O3. The van der Waals surface area contributed by atoms with Crippen molar-refractivity contribution in [3.05, 3.63) is 65.2 Å². The molecule has 0 bridgehead atoms. The van der Waals surface area contributed by atoms with Crippen molar-refractivity contribution in [2.45, 2.75) is 52.5 Å². The van der Waals surface area contributed by atoms with Crippen LogP contribution in [0.25, 0.3) is 0 Å². The molecule has 1 aliphatic heterocycles. The summed E-state index contributed by atoms with van der Waals surface area (Å²) in [4.78, 5) is 27.0. The van der Waals surface area contributed by atoms with Gasteiger partial charge in [-0.25, -0.2) is 0 Å². The summed E-state index contributed by atoms with van der Waals surface area (Å²) in [7, 11) is 0. The molecule has 5 nitrogen and oxygen atoms in total. The maximum Gasteiger partial charge on any atom is 0.225 e. The zero-order valence-corrected chi connectivity index (χ0v) is 18.9. The van der Waals surface area contributed by atoms with Crippen LogP contribution in [0.5, 0.6) is 5.75 Å². The van der Waals surface area contributed by atoms with Gasteiger partial charge in [0.25, 0.3) is 0 Å². The number of carbonyl (C=O) groups is 2. The third-order valence-electron chi connectivity index (χ3n) is 5.88. The fourth-order valence-electron chi connectivity index (χ4n) is 3.78. The molecule has 166 valence electrons. The van der Waals surface area contributed by atoms with Crippen LogP contribution in [0, 0.1) is 12.8 Å². The van der Waals surface area contributed by atoms with Gasteiger partial charge in [-0.05, 0) is 49.9 Å². The first-order valence-corrected chi connectivity index (χ1v) is 11.3. The second-order valence-electron chi connectivity index (χ2n) is 8.48. The lowest BCUT2D eigenvalue weighted by Crippen LogP contribution is -2.35. The molecule has 0 radical (unpaired) electrons. The van der Waals surface area contributed by atoms with E-state index < -0.39 is 0 Å². The molecule has 3 rings (SSSR count). The number of aryl methyl sites for hydroxylation is 1. The van der Waals surface area contributed by atoms with Gasteiger partial charge in [0.2, 0.25) is 11.8 Å². The molecule has 0 aromatic heterocycles. The van der Waals surface area contributed by atoms with Crippen molar-refractivity contribution in [3.63, 3.8) is 0 Å². The van der Waals surface area contributed by atoms with E-state index in [9.17, 15) is 9.59 Å². The van der Waals surface area contributed by atoms with E-state index in [0.29, 0.717) is 13.1 Å². The molecule has 1 saturated heterocycles. The Kier molecular flexibility index (Phi) is 8.10. The number of ether oxygens (including phenoxy) is 1. The van der Waals surface area contributed by atoms with E-state index in [1.165, 1.54) is 11.1 Å². The van der Waals surface area contributed by atoms with Gasteiger partial charge >= 0.3 is 0 Å². The summed E-state index contributed by atoms with van der Waals surface area (Å²) in [6.45, 7) is 8.04. The van der Waals surface area contributed by atoms with Crippen LogP contribution in [0.1, 0.15) is 55.8 Å². The summed E-state index contributed by atoms with van der Waals surface area (Å²) in [5.74, 6) is 0.571. The zero-order valence-electron chi connectivity index (χ0n) is 18.9. The Labute approximate surface area is 185 Å². The van der Waals surface area contributed by atoms with Crippen LogP contribution in [-0.4, -0.2) is 36.4 Å². The predicted octanol–water partition coefficient (Wildman–Crippen LogP) is 4.44. The Morgan fingerprint density at radius 2 is 1.87 bits per heavy atom. The number of hydrogen-bond donors (Lipinski definition) is 1. The van der Waals surface area contributed by atoms with E-state index in [4.69, 9.17) is 4.74 Å². The maximum absolute atomic E-state index is 12.8. The van der Waals surface area contributed by atoms with Crippen molar-refractivity contribution in [2.75, 3.05) is 19.7 Å². The number of rotatable bonds is 10. The Balaban J connectivity index is 1.47. The van der Waals surface area contributed by atoms with Crippen molar-refractivity contribution in [1.29, 1.82) is 0 Å². The number of carbonyl (C=O) groups excluding carboxylic acids is 2. The molecule has 1 aliphatic rings. The lowest BCUT2D eigenvalue weighted by molar-refractivity contribution is -0.129. The SMILES string of the molecule is CCCCOc1ccc([C@@H](C)NC(=O)[C@@H]2CC(=O)N(CCc3ccc(C)cc3)C2)cc1. The summed E-state index contributed by atoms with van der Waals surface area (Å²) in [5, 5.41) is 3.07. The average Bonchev–Trinajstić information content (AvgIpc) is 3.14. The molecule has 2 aromatic rings. The minimum Gasteiger partial charge on any atom is -0.494 e. The normalized spacial score (nSPS) is 16.9. The number of hydrogen-bond acceptors (Lipinski definition) is 3. The fraction of sp³-hybridized carbons (Fsp3) is 0.462. The standard InChI is InChI=1S/C26H34N2O3/c1-4-5-16-31-24-12-10-22(11-13-24)20(3)27-26(30)23-17-25(29)28(18-23)15-14-21-8-6-19(2)7-9-21/h6-13,20,23H,4-5,14-18H2,1-3H3,(H,27,30)/t20-,23-/m1/s1. The molecule has 5 heteroatoms. The molecule has 0 saturated carbocycles. The molecule has 1 N–H and O–H groups in total. The van der Waals surface area contributed by atoms with E-state index >= 15 is 0 Å². The highest BCUT2D eigenvalue weighted by molar-refractivity contribution is 5.89. The summed E-state index contributed by atoms with van der Waals surface area (Å²) in [6.07, 6.45) is 3.24. The van der Waals surface area contributed by atoms with Gasteiger partial charge in [-0.2, -0.15) is 0 Å². The van der Waals surface area contributed by atoms with Crippen LogP contribution >= 0.6 is 0 Å². The Bertz CT molecular complexity index is 861. The molecule has 2 atom stereocenters. The van der Waals surface area contributed by atoms with E-state index in [1.54, 1.807) is 0 Å². The van der Waals surface area contributed by atoms with Crippen LogP contribution in [0.2, 0.25) is 0 Å². The molecule has 1 heterocycles. The monoisotopic (exact) mass is 422 g/mol. The second-order valence-corrected chi connectivity index (χ2v) is 8.48. The van der Waals surface area contributed by atoms with Crippen molar-refractivity contribution in [2.24, 2.45) is 5.92 Å². The number of amides is 2. The van der Waals surface area contributed by atoms with E-state index in [-0.39, 0.29) is 30.2 Å². The minimum absolute atomic E-state index is 0.0537. The van der Waals surface area contributed by atoms with Crippen LogP contribution in [0.15, 0.2) is 48.5 Å². The molecular weight excluding hydrogens is 388 g/mol. The second kappa shape index (κ2) is 11.0. The number of unbranched alkanes of at least 4 members (excludes halogenated alkanes) is 1. The molecule has 0 unspecified atom stereocenters. The number of likely N-dealkylation sites (tertiary alicyclic amines) is 1. The fourth-order valence-corrected chi connectivity index (χ4v) is 3.78. The summed E-state index contributed by atoms with van der Waals surface area (Å²) < 4.78 is 5.70. The van der Waals surface area contributed by atoms with Gasteiger partial charge < -0.3 is 15.0 Å². The van der Waals surface area contributed by atoms with Crippen molar-refractivity contribution >= 4 is 11.8 Å². The Morgan fingerprint density at radius 3 is 2.55 bits per heavy atom. The first kappa shape index (κ1) is 22.9. The predicted molar refractivity (Wildman–Crippen MR) is 123 cm³/mol. The number of nitrogens with one attached hydrogen (secondary N) is 1. The van der Waals surface area contributed by atoms with E-state index in [0.717, 1.165) is 37.2 Å². The van der Waals surface area contributed by atoms with Gasteiger partial charge in [-0.1, -0.05) is 55.3 Å². The van der Waals surface area contributed by atoms with Gasteiger partial charge in [0.1, 0.15) is 5.75 Å². The summed E-state index contributed by atoms with van der Waals surface area (Å²) in [5.41, 5.74) is 3.46. The topological polar surface area (TPSA) is 58.6 Å². The molecule has 31 heavy (non-hydrogen) atoms. The summed E-state index contributed by atoms with van der Waals surface area (Å²) in [6, 6.07) is 16.1. The molecule has 2 amide bonds. The molecule has 2 aromatic carbocycles. The molecule has 0 spiro atoms. The van der Waals surface area contributed by atoms with Gasteiger partial charge in [-0.3, -0.25) is 9.59 Å². The average molecular weight is 423 g/mol. The first-order valence-electron chi connectivity index (χ1n) is 11.3. The minimum atomic E-state index is -0.287. The van der Waals surface area contributed by atoms with Crippen LogP contribution in [0.3, 0.4) is 0 Å². The van der Waals surface area contributed by atoms with Gasteiger partial charge in [-0.15, -0.1) is 0 Å². The highest BCUT2D eigenvalue weighted by Crippen LogP contribution is 2.22. The first-order chi connectivity index (χ1) is 15.0. The lowest BCUT2D eigenvalue weighted by Gasteiger charge is -2.19. The van der Waals surface area contributed by atoms with Gasteiger partial charge in [0.15, 0.2) is 0 Å². The van der Waals surface area contributed by atoms with Crippen molar-refractivity contribution in [3.8, 4) is 5.75 Å². The lowest BCUT2D eigenvalue weighted by atomic mass is 10.0. The van der Waals surface area contributed by atoms with Crippen molar-refractivity contribution in [1.82, 2.24) is 10.2 Å². The van der Waals surface area contributed by atoms with Crippen LogP contribution in [-0.2, 0) is 16.0 Å². The number of nitrogens with zero attached hydrogens (tertiary/aromatic N) is 1. The third-order valence-corrected chi connectivity index (χ3v) is 5.88. The van der Waals surface area contributed by atoms with E-state index in [1.807, 2.05) is 36.1 Å². The Hall–Kier alpha value is -2.82. The maximum atomic E-state index is 12.8. The number of benzene rings is 2. The molecule has 1 fully saturated rings. The largest absolute Gasteiger partial charge is 0.494 e. The highest BCUT2D eigenvalue weighted by Gasteiger charge is 2.34. The zero-order chi connectivity index (χ0) is 22.2. The van der Waals surface area contributed by atoms with Crippen LogP contribution in [0.4, 0.5) is 0 Å². The van der Waals surface area contributed by atoms with Gasteiger partial charge in [0.05, 0.1) is 18.6 Å². The smallest absolute Gasteiger partial charge is 0.225 e. The van der Waals surface area contributed by atoms with E-state index in [2.05, 4.69) is 43.4 Å². The van der Waals surface area contributed by atoms with Crippen molar-refractivity contribution < 1.29 is 14.3 Å². The summed E-state index contributed by atoms with van der Waals surface area (Å²) >= 11 is 0. The highest BCUT2D eigenvalue weighted by atomic mass is 16.5. The Morgan fingerprint density at radius 1 is 1.16 bits per heavy atom.